The Labute approximate surface area is 175 Å². The lowest BCUT2D eigenvalue weighted by Crippen LogP contribution is -2.52. The van der Waals surface area contributed by atoms with Gasteiger partial charge in [-0.05, 0) is 36.2 Å². The molecule has 0 radical (unpaired) electrons. The van der Waals surface area contributed by atoms with Crippen LogP contribution in [0.3, 0.4) is 0 Å². The van der Waals surface area contributed by atoms with Gasteiger partial charge in [0.25, 0.3) is 0 Å². The van der Waals surface area contributed by atoms with Gasteiger partial charge in [0.1, 0.15) is 12.4 Å². The molecule has 8 heteroatoms. The molecule has 0 aliphatic carbocycles. The van der Waals surface area contributed by atoms with E-state index in [2.05, 4.69) is 10.3 Å². The Bertz CT molecular complexity index is 1000. The van der Waals surface area contributed by atoms with Crippen LogP contribution in [-0.4, -0.2) is 63.1 Å². The van der Waals surface area contributed by atoms with E-state index in [9.17, 15) is 9.59 Å². The third-order valence-corrected chi connectivity index (χ3v) is 5.22. The monoisotopic (exact) mass is 408 g/mol. The van der Waals surface area contributed by atoms with Crippen LogP contribution >= 0.6 is 0 Å². The fraction of sp³-hybridized carbons (Fsp3) is 0.318. The number of urea groups is 1. The van der Waals surface area contributed by atoms with Crippen molar-refractivity contribution in [2.75, 3.05) is 45.3 Å². The normalized spacial score (nSPS) is 14.7. The van der Waals surface area contributed by atoms with Crippen LogP contribution in [0, 0.1) is 0 Å². The molecule has 3 amide bonds. The Morgan fingerprint density at radius 2 is 1.93 bits per heavy atom. The first-order valence-electron chi connectivity index (χ1n) is 9.83. The molecule has 2 aromatic carbocycles. The van der Waals surface area contributed by atoms with Crippen molar-refractivity contribution in [1.82, 2.24) is 10.2 Å². The average Bonchev–Trinajstić information content (AvgIpc) is 3.27. The number of hydrogen-bond donors (Lipinski definition) is 1. The number of carbonyl (C=O) groups is 2. The number of amidine groups is 1. The van der Waals surface area contributed by atoms with Crippen molar-refractivity contribution in [3.05, 3.63) is 53.6 Å². The lowest BCUT2D eigenvalue weighted by Gasteiger charge is -2.34. The van der Waals surface area contributed by atoms with Crippen molar-refractivity contribution in [2.45, 2.75) is 6.42 Å². The molecule has 2 aromatic rings. The van der Waals surface area contributed by atoms with E-state index in [-0.39, 0.29) is 18.5 Å². The van der Waals surface area contributed by atoms with Crippen LogP contribution in [0.4, 0.5) is 10.5 Å². The van der Waals surface area contributed by atoms with Gasteiger partial charge in [0.05, 0.1) is 26.5 Å². The van der Waals surface area contributed by atoms with Gasteiger partial charge in [-0.2, -0.15) is 0 Å². The molecule has 2 aliphatic rings. The van der Waals surface area contributed by atoms with E-state index in [4.69, 9.17) is 9.47 Å². The number of ether oxygens (including phenoxy) is 2. The van der Waals surface area contributed by atoms with Crippen LogP contribution < -0.4 is 19.7 Å². The number of nitrogens with one attached hydrogen (secondary N) is 1. The number of amides is 3. The van der Waals surface area contributed by atoms with E-state index in [0.29, 0.717) is 43.4 Å². The minimum absolute atomic E-state index is 0.0362. The highest BCUT2D eigenvalue weighted by Crippen LogP contribution is 2.30. The largest absolute Gasteiger partial charge is 0.493 e. The molecule has 156 valence electrons. The molecule has 1 N–H and O–H groups in total. The van der Waals surface area contributed by atoms with Gasteiger partial charge in [-0.1, -0.05) is 18.2 Å². The van der Waals surface area contributed by atoms with Crippen LogP contribution in [0.5, 0.6) is 11.5 Å². The van der Waals surface area contributed by atoms with Crippen molar-refractivity contribution in [1.29, 1.82) is 0 Å². The maximum Gasteiger partial charge on any atom is 0.330 e. The van der Waals surface area contributed by atoms with Gasteiger partial charge in [0.2, 0.25) is 5.91 Å². The van der Waals surface area contributed by atoms with E-state index in [0.717, 1.165) is 16.8 Å². The molecular weight excluding hydrogens is 384 g/mol. The Kier molecular flexibility index (Phi) is 5.56. The second kappa shape index (κ2) is 8.44. The zero-order chi connectivity index (χ0) is 21.1. The molecule has 0 saturated carbocycles. The number of anilines is 1. The standard InChI is InChI=1S/C22H24N4O4/c1-29-18-8-7-15(13-19(18)30-2)9-10-23-20(27)14-26-17-6-4-3-5-16(17)21-24-11-12-25(21)22(26)28/h3-8,13H,9-12,14H2,1-2H3,(H,23,27). The zero-order valence-electron chi connectivity index (χ0n) is 17.1. The predicted octanol–water partition coefficient (Wildman–Crippen LogP) is 2.06. The molecule has 0 bridgehead atoms. The second-order valence-corrected chi connectivity index (χ2v) is 7.03. The molecule has 8 nitrogen and oxygen atoms in total. The molecule has 0 aromatic heterocycles. The molecule has 2 aliphatic heterocycles. The van der Waals surface area contributed by atoms with Crippen LogP contribution in [0.15, 0.2) is 47.5 Å². The number of carbonyl (C=O) groups excluding carboxylic acids is 2. The van der Waals surface area contributed by atoms with Gasteiger partial charge in [-0.3, -0.25) is 19.6 Å². The topological polar surface area (TPSA) is 83.5 Å². The summed E-state index contributed by atoms with van der Waals surface area (Å²) in [6, 6.07) is 13.0. The maximum absolute atomic E-state index is 12.9. The summed E-state index contributed by atoms with van der Waals surface area (Å²) in [7, 11) is 3.18. The molecule has 4 rings (SSSR count). The first-order valence-corrected chi connectivity index (χ1v) is 9.83. The summed E-state index contributed by atoms with van der Waals surface area (Å²) >= 11 is 0. The summed E-state index contributed by atoms with van der Waals surface area (Å²) < 4.78 is 10.6. The quantitative estimate of drug-likeness (QED) is 0.760. The zero-order valence-corrected chi connectivity index (χ0v) is 17.1. The highest BCUT2D eigenvalue weighted by Gasteiger charge is 2.37. The van der Waals surface area contributed by atoms with Crippen molar-refractivity contribution in [3.8, 4) is 11.5 Å². The molecule has 0 unspecified atom stereocenters. The Morgan fingerprint density at radius 3 is 2.73 bits per heavy atom. The highest BCUT2D eigenvalue weighted by atomic mass is 16.5. The van der Waals surface area contributed by atoms with E-state index in [1.54, 1.807) is 19.1 Å². The SMILES string of the molecule is COc1ccc(CCNC(=O)CN2C(=O)N3CCN=C3c3ccccc32)cc1OC. The average molecular weight is 408 g/mol. The Balaban J connectivity index is 1.39. The number of aliphatic imine (C=N–C) groups is 1. The predicted molar refractivity (Wildman–Crippen MR) is 114 cm³/mol. The van der Waals surface area contributed by atoms with Crippen LogP contribution in [0.25, 0.3) is 0 Å². The lowest BCUT2D eigenvalue weighted by molar-refractivity contribution is -0.119. The molecule has 2 heterocycles. The molecular formula is C22H24N4O4. The summed E-state index contributed by atoms with van der Waals surface area (Å²) in [5, 5.41) is 2.90. The molecule has 30 heavy (non-hydrogen) atoms. The number of benzene rings is 2. The molecule has 0 saturated heterocycles. The van der Waals surface area contributed by atoms with Gasteiger partial charge in [0, 0.05) is 18.7 Å². The van der Waals surface area contributed by atoms with E-state index in [1.165, 1.54) is 4.90 Å². The fourth-order valence-electron chi connectivity index (χ4n) is 3.75. The molecule has 0 spiro atoms. The van der Waals surface area contributed by atoms with Gasteiger partial charge in [-0.15, -0.1) is 0 Å². The van der Waals surface area contributed by atoms with E-state index in [1.807, 2.05) is 42.5 Å². The van der Waals surface area contributed by atoms with Crippen LogP contribution in [0.1, 0.15) is 11.1 Å². The third kappa shape index (κ3) is 3.68. The van der Waals surface area contributed by atoms with Crippen molar-refractivity contribution < 1.29 is 19.1 Å². The fourth-order valence-corrected chi connectivity index (χ4v) is 3.75. The van der Waals surface area contributed by atoms with Gasteiger partial charge in [-0.25, -0.2) is 4.79 Å². The van der Waals surface area contributed by atoms with Gasteiger partial charge in [0.15, 0.2) is 11.5 Å². The summed E-state index contributed by atoms with van der Waals surface area (Å²) in [5.41, 5.74) is 2.62. The summed E-state index contributed by atoms with van der Waals surface area (Å²) in [6.07, 6.45) is 0.638. The third-order valence-electron chi connectivity index (χ3n) is 5.22. The Morgan fingerprint density at radius 1 is 1.13 bits per heavy atom. The summed E-state index contributed by atoms with van der Waals surface area (Å²) in [4.78, 5) is 33.1. The maximum atomic E-state index is 12.9. The molecule has 0 fully saturated rings. The number of hydrogen-bond acceptors (Lipinski definition) is 5. The van der Waals surface area contributed by atoms with Gasteiger partial charge < -0.3 is 14.8 Å². The minimum Gasteiger partial charge on any atom is -0.493 e. The summed E-state index contributed by atoms with van der Waals surface area (Å²) in [6.45, 7) is 1.54. The van der Waals surface area contributed by atoms with Crippen LogP contribution in [0.2, 0.25) is 0 Å². The van der Waals surface area contributed by atoms with E-state index < -0.39 is 0 Å². The lowest BCUT2D eigenvalue weighted by atomic mass is 10.1. The van der Waals surface area contributed by atoms with Crippen molar-refractivity contribution in [2.24, 2.45) is 4.99 Å². The number of nitrogens with zero attached hydrogens (tertiary/aromatic N) is 3. The van der Waals surface area contributed by atoms with Crippen LogP contribution in [-0.2, 0) is 11.2 Å². The first-order chi connectivity index (χ1) is 14.6. The number of para-hydroxylation sites is 1. The number of fused-ring (bicyclic) bond motifs is 3. The minimum atomic E-state index is -0.210. The van der Waals surface area contributed by atoms with Crippen molar-refractivity contribution in [3.63, 3.8) is 0 Å². The summed E-state index contributed by atoms with van der Waals surface area (Å²) in [5.74, 6) is 1.80. The number of rotatable bonds is 7. The van der Waals surface area contributed by atoms with Crippen molar-refractivity contribution >= 4 is 23.5 Å². The first kappa shape index (κ1) is 19.8. The Hall–Kier alpha value is -3.55. The smallest absolute Gasteiger partial charge is 0.330 e. The van der Waals surface area contributed by atoms with Gasteiger partial charge >= 0.3 is 6.03 Å². The highest BCUT2D eigenvalue weighted by molar-refractivity contribution is 6.20. The van der Waals surface area contributed by atoms with E-state index >= 15 is 0 Å². The number of methoxy groups -OCH3 is 2. The molecule has 0 atom stereocenters. The second-order valence-electron chi connectivity index (χ2n) is 7.03.